The van der Waals surface area contributed by atoms with Crippen LogP contribution in [-0.4, -0.2) is 6.54 Å². The summed E-state index contributed by atoms with van der Waals surface area (Å²) in [5.74, 6) is -0.725. The lowest BCUT2D eigenvalue weighted by molar-refractivity contribution is 0.442. The van der Waals surface area contributed by atoms with Crippen LogP contribution in [0.3, 0.4) is 0 Å². The highest BCUT2D eigenvalue weighted by atomic mass is 19.1. The summed E-state index contributed by atoms with van der Waals surface area (Å²) < 4.78 is 27.6. The fourth-order valence-corrected chi connectivity index (χ4v) is 2.56. The van der Waals surface area contributed by atoms with Crippen molar-refractivity contribution >= 4 is 0 Å². The van der Waals surface area contributed by atoms with Crippen molar-refractivity contribution in [2.24, 2.45) is 0 Å². The zero-order valence-electron chi connectivity index (χ0n) is 12.4. The molecule has 0 saturated heterocycles. The van der Waals surface area contributed by atoms with E-state index in [2.05, 4.69) is 12.2 Å². The molecule has 0 aliphatic carbocycles. The first-order valence-corrected chi connectivity index (χ1v) is 7.36. The summed E-state index contributed by atoms with van der Waals surface area (Å²) in [6.45, 7) is 4.85. The standard InChI is InChI=1S/C18H21F2N/c1-3-11-21-18(13(2)14-7-5-4-6-8-14)16-12-15(19)9-10-17(16)20/h4-10,12-13,18,21H,3,11H2,1-2H3. The molecule has 0 aromatic heterocycles. The zero-order chi connectivity index (χ0) is 15.2. The van der Waals surface area contributed by atoms with E-state index in [1.54, 1.807) is 0 Å². The first kappa shape index (κ1) is 15.6. The number of hydrogen-bond acceptors (Lipinski definition) is 1. The third-order valence-corrected chi connectivity index (χ3v) is 3.73. The monoisotopic (exact) mass is 289 g/mol. The van der Waals surface area contributed by atoms with E-state index in [0.717, 1.165) is 24.6 Å². The first-order valence-electron chi connectivity index (χ1n) is 7.36. The van der Waals surface area contributed by atoms with Gasteiger partial charge in [-0.05, 0) is 36.7 Å². The van der Waals surface area contributed by atoms with Crippen molar-refractivity contribution in [2.75, 3.05) is 6.54 Å². The molecule has 2 unspecified atom stereocenters. The molecule has 0 amide bonds. The summed E-state index contributed by atoms with van der Waals surface area (Å²) in [7, 11) is 0. The maximum atomic E-state index is 14.1. The van der Waals surface area contributed by atoms with Gasteiger partial charge in [0.2, 0.25) is 0 Å². The van der Waals surface area contributed by atoms with E-state index in [4.69, 9.17) is 0 Å². The summed E-state index contributed by atoms with van der Waals surface area (Å²) in [4.78, 5) is 0. The van der Waals surface area contributed by atoms with Gasteiger partial charge in [-0.1, -0.05) is 44.2 Å². The molecule has 0 spiro atoms. The van der Waals surface area contributed by atoms with Crippen LogP contribution in [-0.2, 0) is 0 Å². The van der Waals surface area contributed by atoms with Crippen molar-refractivity contribution < 1.29 is 8.78 Å². The third kappa shape index (κ3) is 3.88. The van der Waals surface area contributed by atoms with Crippen LogP contribution in [0.2, 0.25) is 0 Å². The van der Waals surface area contributed by atoms with Crippen molar-refractivity contribution in [3.05, 3.63) is 71.3 Å². The molecule has 21 heavy (non-hydrogen) atoms. The lowest BCUT2D eigenvalue weighted by Crippen LogP contribution is -2.27. The number of benzene rings is 2. The number of nitrogens with one attached hydrogen (secondary N) is 1. The normalized spacial score (nSPS) is 13.9. The van der Waals surface area contributed by atoms with Crippen molar-refractivity contribution in [1.29, 1.82) is 0 Å². The van der Waals surface area contributed by atoms with Crippen LogP contribution < -0.4 is 5.32 Å². The Balaban J connectivity index is 2.36. The van der Waals surface area contributed by atoms with Gasteiger partial charge in [0.15, 0.2) is 0 Å². The van der Waals surface area contributed by atoms with E-state index in [1.807, 2.05) is 37.3 Å². The SMILES string of the molecule is CCCNC(c1cc(F)ccc1F)C(C)c1ccccc1. The molecular formula is C18H21F2N. The summed E-state index contributed by atoms with van der Waals surface area (Å²) in [6, 6.07) is 13.3. The lowest BCUT2D eigenvalue weighted by atomic mass is 9.88. The molecule has 3 heteroatoms. The van der Waals surface area contributed by atoms with E-state index in [9.17, 15) is 8.78 Å². The summed E-state index contributed by atoms with van der Waals surface area (Å²) in [5, 5.41) is 3.35. The van der Waals surface area contributed by atoms with Gasteiger partial charge in [-0.25, -0.2) is 8.78 Å². The Kier molecular flexibility index (Phi) is 5.45. The Morgan fingerprint density at radius 3 is 2.43 bits per heavy atom. The predicted molar refractivity (Wildman–Crippen MR) is 82.2 cm³/mol. The second-order valence-corrected chi connectivity index (χ2v) is 5.30. The molecule has 0 radical (unpaired) electrons. The van der Waals surface area contributed by atoms with E-state index in [-0.39, 0.29) is 17.8 Å². The molecule has 0 aliphatic rings. The Morgan fingerprint density at radius 1 is 1.05 bits per heavy atom. The van der Waals surface area contributed by atoms with E-state index in [0.29, 0.717) is 5.56 Å². The van der Waals surface area contributed by atoms with Gasteiger partial charge in [0.05, 0.1) is 0 Å². The molecule has 2 aromatic rings. The lowest BCUT2D eigenvalue weighted by Gasteiger charge is -2.26. The Morgan fingerprint density at radius 2 is 1.76 bits per heavy atom. The van der Waals surface area contributed by atoms with Gasteiger partial charge < -0.3 is 5.32 Å². The maximum absolute atomic E-state index is 14.1. The molecule has 1 nitrogen and oxygen atoms in total. The molecule has 0 aliphatic heterocycles. The largest absolute Gasteiger partial charge is 0.309 e. The fraction of sp³-hybridized carbons (Fsp3) is 0.333. The second-order valence-electron chi connectivity index (χ2n) is 5.30. The summed E-state index contributed by atoms with van der Waals surface area (Å²) in [5.41, 5.74) is 1.49. The Labute approximate surface area is 125 Å². The molecule has 0 bridgehead atoms. The highest BCUT2D eigenvalue weighted by Crippen LogP contribution is 2.32. The quantitative estimate of drug-likeness (QED) is 0.804. The molecule has 2 rings (SSSR count). The Bertz CT molecular complexity index is 569. The van der Waals surface area contributed by atoms with E-state index in [1.165, 1.54) is 12.1 Å². The first-order chi connectivity index (χ1) is 10.1. The molecule has 0 fully saturated rings. The van der Waals surface area contributed by atoms with Crippen LogP contribution in [0.25, 0.3) is 0 Å². The zero-order valence-corrected chi connectivity index (χ0v) is 12.4. The predicted octanol–water partition coefficient (Wildman–Crippen LogP) is 4.81. The van der Waals surface area contributed by atoms with E-state index < -0.39 is 5.82 Å². The van der Waals surface area contributed by atoms with Crippen LogP contribution >= 0.6 is 0 Å². The highest BCUT2D eigenvalue weighted by Gasteiger charge is 2.23. The number of halogens is 2. The van der Waals surface area contributed by atoms with Gasteiger partial charge in [0.25, 0.3) is 0 Å². The van der Waals surface area contributed by atoms with E-state index >= 15 is 0 Å². The Hall–Kier alpha value is -1.74. The smallest absolute Gasteiger partial charge is 0.128 e. The molecule has 2 aromatic carbocycles. The average Bonchev–Trinajstić information content (AvgIpc) is 2.51. The van der Waals surface area contributed by atoms with Crippen LogP contribution in [0, 0.1) is 11.6 Å². The van der Waals surface area contributed by atoms with Crippen molar-refractivity contribution in [3.63, 3.8) is 0 Å². The van der Waals surface area contributed by atoms with Crippen molar-refractivity contribution in [2.45, 2.75) is 32.2 Å². The van der Waals surface area contributed by atoms with Gasteiger partial charge in [-0.2, -0.15) is 0 Å². The minimum absolute atomic E-state index is 0.0500. The maximum Gasteiger partial charge on any atom is 0.128 e. The van der Waals surface area contributed by atoms with Crippen molar-refractivity contribution in [3.8, 4) is 0 Å². The van der Waals surface area contributed by atoms with Gasteiger partial charge in [-0.3, -0.25) is 0 Å². The minimum atomic E-state index is -0.407. The van der Waals surface area contributed by atoms with Gasteiger partial charge in [0.1, 0.15) is 11.6 Å². The number of hydrogen-bond donors (Lipinski definition) is 1. The molecular weight excluding hydrogens is 268 g/mol. The molecule has 2 atom stereocenters. The van der Waals surface area contributed by atoms with Gasteiger partial charge in [0, 0.05) is 17.5 Å². The van der Waals surface area contributed by atoms with Gasteiger partial charge >= 0.3 is 0 Å². The molecule has 0 heterocycles. The van der Waals surface area contributed by atoms with Gasteiger partial charge in [-0.15, -0.1) is 0 Å². The van der Waals surface area contributed by atoms with Crippen LogP contribution in [0.1, 0.15) is 43.4 Å². The van der Waals surface area contributed by atoms with Crippen molar-refractivity contribution in [1.82, 2.24) is 5.32 Å². The van der Waals surface area contributed by atoms with Crippen LogP contribution in [0.15, 0.2) is 48.5 Å². The topological polar surface area (TPSA) is 12.0 Å². The summed E-state index contributed by atoms with van der Waals surface area (Å²) in [6.07, 6.45) is 0.939. The van der Waals surface area contributed by atoms with Crippen LogP contribution in [0.4, 0.5) is 8.78 Å². The molecule has 112 valence electrons. The second kappa shape index (κ2) is 7.32. The number of rotatable bonds is 6. The fourth-order valence-electron chi connectivity index (χ4n) is 2.56. The third-order valence-electron chi connectivity index (χ3n) is 3.73. The molecule has 0 saturated carbocycles. The molecule has 1 N–H and O–H groups in total. The highest BCUT2D eigenvalue weighted by molar-refractivity contribution is 5.29. The average molecular weight is 289 g/mol. The summed E-state index contributed by atoms with van der Waals surface area (Å²) >= 11 is 0. The minimum Gasteiger partial charge on any atom is -0.309 e. The van der Waals surface area contributed by atoms with Crippen LogP contribution in [0.5, 0.6) is 0 Å².